The normalized spacial score (nSPS) is 14.5. The van der Waals surface area contributed by atoms with Gasteiger partial charge in [0.2, 0.25) is 5.91 Å². The average Bonchev–Trinajstić information content (AvgIpc) is 2.80. The summed E-state index contributed by atoms with van der Waals surface area (Å²) in [5.74, 6) is -8.45. The van der Waals surface area contributed by atoms with Gasteiger partial charge in [0.05, 0.1) is 16.1 Å². The van der Waals surface area contributed by atoms with Crippen molar-refractivity contribution in [2.24, 2.45) is 0 Å². The largest absolute Gasteiger partial charge is 0.417 e. The number of rotatable bonds is 7. The van der Waals surface area contributed by atoms with Crippen LogP contribution in [0.1, 0.15) is 39.9 Å². The molecule has 2 aromatic carbocycles. The van der Waals surface area contributed by atoms with Crippen LogP contribution in [0.3, 0.4) is 0 Å². The molecule has 0 saturated heterocycles. The highest BCUT2D eigenvalue weighted by Crippen LogP contribution is 2.40. The van der Waals surface area contributed by atoms with E-state index >= 15 is 0 Å². The van der Waals surface area contributed by atoms with E-state index < -0.39 is 87.8 Å². The van der Waals surface area contributed by atoms with Gasteiger partial charge in [0.1, 0.15) is 30.1 Å². The first-order chi connectivity index (χ1) is 18.1. The van der Waals surface area contributed by atoms with Gasteiger partial charge >= 0.3 is 18.5 Å². The lowest BCUT2D eigenvalue weighted by Crippen LogP contribution is -2.48. The van der Waals surface area contributed by atoms with Crippen LogP contribution in [0.2, 0.25) is 5.02 Å². The second-order valence-electron chi connectivity index (χ2n) is 8.47. The molecule has 16 heteroatoms. The second kappa shape index (κ2) is 12.0. The number of hydrogen-bond donors (Lipinski definition) is 1. The monoisotopic (exact) mass is 610 g/mol. The summed E-state index contributed by atoms with van der Waals surface area (Å²) >= 11 is 5.49. The van der Waals surface area contributed by atoms with Gasteiger partial charge in [-0.3, -0.25) is 9.59 Å². The minimum atomic E-state index is -5.35. The van der Waals surface area contributed by atoms with Gasteiger partial charge in [0.15, 0.2) is 0 Å². The topological polar surface area (TPSA) is 49.4 Å². The van der Waals surface area contributed by atoms with Crippen LogP contribution in [0, 0.1) is 5.82 Å². The van der Waals surface area contributed by atoms with Crippen molar-refractivity contribution in [1.29, 1.82) is 0 Å². The Morgan fingerprint density at radius 1 is 1.00 bits per heavy atom. The molecule has 2 atom stereocenters. The van der Waals surface area contributed by atoms with Crippen LogP contribution in [-0.2, 0) is 11.0 Å². The maximum atomic E-state index is 14.9. The number of carbonyl (C=O) groups excluding carboxylic acids is 2. The van der Waals surface area contributed by atoms with E-state index in [4.69, 9.17) is 11.6 Å². The molecule has 1 unspecified atom stereocenters. The van der Waals surface area contributed by atoms with Crippen molar-refractivity contribution >= 4 is 29.2 Å². The zero-order valence-electron chi connectivity index (χ0n) is 20.2. The van der Waals surface area contributed by atoms with Crippen molar-refractivity contribution < 1.29 is 57.9 Å². The molecular formula is C24H18ClF11N2O2. The fourth-order valence-electron chi connectivity index (χ4n) is 3.47. The number of amides is 2. The number of allylic oxidation sites excluding steroid dienone is 1. The number of carbonyl (C=O) groups is 2. The molecule has 0 fully saturated rings. The number of nitrogens with one attached hydrogen (secondary N) is 1. The van der Waals surface area contributed by atoms with Crippen LogP contribution in [-0.4, -0.2) is 48.7 Å². The number of benzene rings is 2. The van der Waals surface area contributed by atoms with E-state index in [1.165, 1.54) is 0 Å². The second-order valence-corrected chi connectivity index (χ2v) is 8.88. The highest BCUT2D eigenvalue weighted by molar-refractivity contribution is 6.30. The lowest BCUT2D eigenvalue weighted by Gasteiger charge is -2.23. The molecule has 2 rings (SSSR count). The van der Waals surface area contributed by atoms with E-state index in [2.05, 4.69) is 0 Å². The number of nitrogens with zero attached hydrogens (tertiary/aromatic N) is 1. The summed E-state index contributed by atoms with van der Waals surface area (Å²) in [5, 5.41) is 1.09. The van der Waals surface area contributed by atoms with Gasteiger partial charge in [-0.15, -0.1) is 0 Å². The molecule has 0 saturated carbocycles. The van der Waals surface area contributed by atoms with Crippen molar-refractivity contribution in [3.8, 4) is 0 Å². The van der Waals surface area contributed by atoms with Gasteiger partial charge in [0.25, 0.3) is 5.91 Å². The van der Waals surface area contributed by atoms with Crippen molar-refractivity contribution in [3.63, 3.8) is 0 Å². The van der Waals surface area contributed by atoms with Crippen molar-refractivity contribution in [2.75, 3.05) is 13.6 Å². The van der Waals surface area contributed by atoms with Gasteiger partial charge in [0, 0.05) is 12.6 Å². The Balaban J connectivity index is 2.44. The number of alkyl halides is 9. The molecule has 2 amide bonds. The summed E-state index contributed by atoms with van der Waals surface area (Å²) in [5.41, 5.74) is -4.71. The standard InChI is InChI=1S/C24H18ClF11N2O2/c1-11(21(40)38(2)10-22(28,29)30)37-20(39)14-5-3-13(7-16(14)24(34,35)36)19(27)9-15(23(31,32)33)12-4-6-18(26)17(25)8-12/h3-9,11,15H,10H2,1-2H3,(H,37,39)/b19-9-/t11-,15?/m1/s1. The maximum Gasteiger partial charge on any atom is 0.417 e. The van der Waals surface area contributed by atoms with E-state index in [1.807, 2.05) is 5.32 Å². The van der Waals surface area contributed by atoms with E-state index in [0.717, 1.165) is 14.0 Å². The minimum absolute atomic E-state index is 0.0497. The third-order valence-corrected chi connectivity index (χ3v) is 5.61. The fourth-order valence-corrected chi connectivity index (χ4v) is 3.66. The zero-order valence-corrected chi connectivity index (χ0v) is 21.0. The molecule has 0 aliphatic rings. The summed E-state index contributed by atoms with van der Waals surface area (Å²) in [6, 6.07) is 1.14. The molecule has 0 spiro atoms. The Kier molecular flexibility index (Phi) is 9.87. The van der Waals surface area contributed by atoms with Crippen LogP contribution >= 0.6 is 11.6 Å². The van der Waals surface area contributed by atoms with E-state index in [0.29, 0.717) is 30.3 Å². The third kappa shape index (κ3) is 8.57. The van der Waals surface area contributed by atoms with Crippen LogP contribution in [0.4, 0.5) is 48.3 Å². The predicted molar refractivity (Wildman–Crippen MR) is 121 cm³/mol. The quantitative estimate of drug-likeness (QED) is 0.335. The first-order valence-corrected chi connectivity index (χ1v) is 11.2. The van der Waals surface area contributed by atoms with Gasteiger partial charge in [-0.2, -0.15) is 39.5 Å². The Morgan fingerprint density at radius 3 is 2.10 bits per heavy atom. The van der Waals surface area contributed by atoms with E-state index in [-0.39, 0.29) is 17.0 Å². The maximum absolute atomic E-state index is 14.9. The molecular weight excluding hydrogens is 593 g/mol. The minimum Gasteiger partial charge on any atom is -0.341 e. The summed E-state index contributed by atoms with van der Waals surface area (Å²) < 4.78 is 148. The number of halogens is 12. The summed E-state index contributed by atoms with van der Waals surface area (Å²) in [7, 11) is 0.748. The molecule has 0 aliphatic carbocycles. The van der Waals surface area contributed by atoms with Crippen LogP contribution in [0.25, 0.3) is 5.83 Å². The zero-order chi connectivity index (χ0) is 30.8. The van der Waals surface area contributed by atoms with Crippen molar-refractivity contribution in [3.05, 3.63) is 75.6 Å². The van der Waals surface area contributed by atoms with Crippen molar-refractivity contribution in [1.82, 2.24) is 10.2 Å². The molecule has 40 heavy (non-hydrogen) atoms. The van der Waals surface area contributed by atoms with E-state index in [9.17, 15) is 57.9 Å². The van der Waals surface area contributed by atoms with Crippen LogP contribution < -0.4 is 5.32 Å². The first-order valence-electron chi connectivity index (χ1n) is 10.8. The van der Waals surface area contributed by atoms with Gasteiger partial charge in [-0.05, 0) is 42.8 Å². The van der Waals surface area contributed by atoms with Crippen LogP contribution in [0.15, 0.2) is 42.5 Å². The molecule has 0 aromatic heterocycles. The van der Waals surface area contributed by atoms with Gasteiger partial charge in [-0.25, -0.2) is 8.78 Å². The number of hydrogen-bond acceptors (Lipinski definition) is 2. The third-order valence-electron chi connectivity index (χ3n) is 5.32. The summed E-state index contributed by atoms with van der Waals surface area (Å²) in [6.07, 6.45) is -15.4. The Morgan fingerprint density at radius 2 is 1.60 bits per heavy atom. The molecule has 4 nitrogen and oxygen atoms in total. The van der Waals surface area contributed by atoms with Gasteiger partial charge in [-0.1, -0.05) is 23.7 Å². The molecule has 0 aliphatic heterocycles. The Bertz CT molecular complexity index is 1290. The highest BCUT2D eigenvalue weighted by Gasteiger charge is 2.41. The molecule has 2 aromatic rings. The molecule has 0 radical (unpaired) electrons. The van der Waals surface area contributed by atoms with Gasteiger partial charge < -0.3 is 10.2 Å². The molecule has 220 valence electrons. The molecule has 0 bridgehead atoms. The predicted octanol–water partition coefficient (Wildman–Crippen LogP) is 7.29. The fraction of sp³-hybridized carbons (Fsp3) is 0.333. The Hall–Kier alpha value is -3.36. The van der Waals surface area contributed by atoms with Crippen LogP contribution in [0.5, 0.6) is 0 Å². The van der Waals surface area contributed by atoms with E-state index in [1.54, 1.807) is 0 Å². The molecule has 1 N–H and O–H groups in total. The number of likely N-dealkylation sites (N-methyl/N-ethyl adjacent to an activating group) is 1. The Labute approximate surface area is 224 Å². The highest BCUT2D eigenvalue weighted by atomic mass is 35.5. The lowest BCUT2D eigenvalue weighted by atomic mass is 9.95. The average molecular weight is 611 g/mol. The first kappa shape index (κ1) is 32.8. The summed E-state index contributed by atoms with van der Waals surface area (Å²) in [6.45, 7) is -0.792. The summed E-state index contributed by atoms with van der Waals surface area (Å²) in [4.78, 5) is 24.7. The van der Waals surface area contributed by atoms with Crippen molar-refractivity contribution in [2.45, 2.75) is 37.4 Å². The SMILES string of the molecule is C[C@@H](NC(=O)c1ccc(/C(F)=C/C(c2ccc(F)c(Cl)c2)C(F)(F)F)cc1C(F)(F)F)C(=O)N(C)CC(F)(F)F. The smallest absolute Gasteiger partial charge is 0.341 e. The molecule has 0 heterocycles. The lowest BCUT2D eigenvalue weighted by molar-refractivity contribution is -0.159.